The first-order valence-electron chi connectivity index (χ1n) is 8.39. The number of sulfonamides is 2. The number of hydrogen-bond acceptors (Lipinski definition) is 6. The predicted octanol–water partition coefficient (Wildman–Crippen LogP) is 2.18. The summed E-state index contributed by atoms with van der Waals surface area (Å²) in [5.74, 6) is -0.176. The molecule has 8 nitrogen and oxygen atoms in total. The molecule has 0 radical (unpaired) electrons. The minimum atomic E-state index is -3.92. The van der Waals surface area contributed by atoms with Crippen LogP contribution >= 0.6 is 0 Å². The van der Waals surface area contributed by atoms with E-state index in [4.69, 9.17) is 4.74 Å². The Morgan fingerprint density at radius 3 is 2.11 bits per heavy atom. The molecule has 2 aromatic carbocycles. The molecule has 150 valence electrons. The van der Waals surface area contributed by atoms with Gasteiger partial charge in [-0.3, -0.25) is 9.52 Å². The Bertz CT molecular complexity index is 1120. The van der Waals surface area contributed by atoms with Gasteiger partial charge in [0.1, 0.15) is 5.75 Å². The van der Waals surface area contributed by atoms with Gasteiger partial charge in [-0.05, 0) is 61.4 Å². The number of hydrogen-bond donors (Lipinski definition) is 1. The number of benzene rings is 2. The Labute approximate surface area is 164 Å². The van der Waals surface area contributed by atoms with E-state index in [0.29, 0.717) is 22.6 Å². The first-order chi connectivity index (χ1) is 13.0. The van der Waals surface area contributed by atoms with E-state index < -0.39 is 26.0 Å². The molecule has 0 spiro atoms. The van der Waals surface area contributed by atoms with Crippen LogP contribution < -0.4 is 13.8 Å². The standard InChI is InChI=1S/C18H20N2O6S2/c1-12-10-15(20-17(21)8-9-27(20,22)23)11-13(2)18(12)28(24,25)19-14-4-6-16(26-3)7-5-14/h4-7,10-11,19H,8-9H2,1-3H3. The molecule has 1 aliphatic rings. The summed E-state index contributed by atoms with van der Waals surface area (Å²) in [7, 11) is -6.13. The summed E-state index contributed by atoms with van der Waals surface area (Å²) in [5.41, 5.74) is 1.19. The number of carbonyl (C=O) groups excluding carboxylic acids is 1. The Balaban J connectivity index is 1.99. The van der Waals surface area contributed by atoms with E-state index in [1.807, 2.05) is 0 Å². The van der Waals surface area contributed by atoms with E-state index in [2.05, 4.69) is 4.72 Å². The Morgan fingerprint density at radius 2 is 1.64 bits per heavy atom. The summed E-state index contributed by atoms with van der Waals surface area (Å²) in [5, 5.41) is 0. The van der Waals surface area contributed by atoms with E-state index in [1.54, 1.807) is 38.1 Å². The van der Waals surface area contributed by atoms with Gasteiger partial charge < -0.3 is 4.74 Å². The van der Waals surface area contributed by atoms with Crippen LogP contribution in [0.2, 0.25) is 0 Å². The van der Waals surface area contributed by atoms with Crippen LogP contribution in [-0.4, -0.2) is 35.6 Å². The zero-order valence-corrected chi connectivity index (χ0v) is 17.2. The lowest BCUT2D eigenvalue weighted by Crippen LogP contribution is -2.29. The molecule has 1 amide bonds. The van der Waals surface area contributed by atoms with Gasteiger partial charge in [0.05, 0.1) is 23.4 Å². The number of carbonyl (C=O) groups is 1. The molecule has 0 unspecified atom stereocenters. The van der Waals surface area contributed by atoms with Crippen molar-refractivity contribution in [2.24, 2.45) is 0 Å². The van der Waals surface area contributed by atoms with Gasteiger partial charge in [-0.15, -0.1) is 0 Å². The van der Waals surface area contributed by atoms with Crippen molar-refractivity contribution in [2.45, 2.75) is 25.2 Å². The second-order valence-electron chi connectivity index (χ2n) is 6.47. The Morgan fingerprint density at radius 1 is 1.07 bits per heavy atom. The van der Waals surface area contributed by atoms with Crippen LogP contribution in [0.4, 0.5) is 11.4 Å². The molecule has 1 N–H and O–H groups in total. The van der Waals surface area contributed by atoms with Crippen LogP contribution in [0.25, 0.3) is 0 Å². The highest BCUT2D eigenvalue weighted by molar-refractivity contribution is 7.94. The summed E-state index contributed by atoms with van der Waals surface area (Å²) in [6.07, 6.45) is -0.0838. The molecular formula is C18H20N2O6S2. The zero-order chi connectivity index (χ0) is 20.7. The van der Waals surface area contributed by atoms with Crippen molar-refractivity contribution in [3.8, 4) is 5.75 Å². The fourth-order valence-electron chi connectivity index (χ4n) is 3.20. The maximum atomic E-state index is 12.9. The second kappa shape index (κ2) is 7.10. The third kappa shape index (κ3) is 3.69. The molecule has 1 saturated heterocycles. The number of aryl methyl sites for hydroxylation is 2. The lowest BCUT2D eigenvalue weighted by Gasteiger charge is -2.19. The van der Waals surface area contributed by atoms with Crippen LogP contribution in [0.15, 0.2) is 41.3 Å². The minimum Gasteiger partial charge on any atom is -0.497 e. The molecule has 0 saturated carbocycles. The molecule has 0 aliphatic carbocycles. The molecule has 2 aromatic rings. The van der Waals surface area contributed by atoms with Crippen molar-refractivity contribution < 1.29 is 26.4 Å². The fraction of sp³-hybridized carbons (Fsp3) is 0.278. The van der Waals surface area contributed by atoms with Gasteiger partial charge in [-0.25, -0.2) is 21.1 Å². The molecule has 0 bridgehead atoms. The van der Waals surface area contributed by atoms with Crippen molar-refractivity contribution >= 4 is 37.3 Å². The number of rotatable bonds is 5. The van der Waals surface area contributed by atoms with Gasteiger partial charge in [-0.2, -0.15) is 0 Å². The summed E-state index contributed by atoms with van der Waals surface area (Å²) >= 11 is 0. The molecule has 3 rings (SSSR count). The number of methoxy groups -OCH3 is 1. The largest absolute Gasteiger partial charge is 0.497 e. The predicted molar refractivity (Wildman–Crippen MR) is 106 cm³/mol. The summed E-state index contributed by atoms with van der Waals surface area (Å²) in [4.78, 5) is 12.0. The van der Waals surface area contributed by atoms with Crippen molar-refractivity contribution in [1.29, 1.82) is 0 Å². The maximum Gasteiger partial charge on any atom is 0.262 e. The van der Waals surface area contributed by atoms with Crippen molar-refractivity contribution in [2.75, 3.05) is 21.9 Å². The van der Waals surface area contributed by atoms with Crippen LogP contribution in [0, 0.1) is 13.8 Å². The average molecular weight is 425 g/mol. The molecule has 1 fully saturated rings. The van der Waals surface area contributed by atoms with Crippen LogP contribution in [0.5, 0.6) is 5.75 Å². The first kappa shape index (κ1) is 20.2. The van der Waals surface area contributed by atoms with E-state index in [0.717, 1.165) is 4.31 Å². The van der Waals surface area contributed by atoms with Crippen LogP contribution in [-0.2, 0) is 24.8 Å². The number of anilines is 2. The van der Waals surface area contributed by atoms with Crippen molar-refractivity contribution in [1.82, 2.24) is 0 Å². The van der Waals surface area contributed by atoms with Crippen molar-refractivity contribution in [3.05, 3.63) is 47.5 Å². The van der Waals surface area contributed by atoms with Gasteiger partial charge in [-0.1, -0.05) is 0 Å². The van der Waals surface area contributed by atoms with Gasteiger partial charge in [0.2, 0.25) is 15.9 Å². The van der Waals surface area contributed by atoms with Gasteiger partial charge in [0.25, 0.3) is 10.0 Å². The molecule has 10 heteroatoms. The molecule has 1 aliphatic heterocycles. The first-order valence-corrected chi connectivity index (χ1v) is 11.5. The lowest BCUT2D eigenvalue weighted by atomic mass is 10.1. The minimum absolute atomic E-state index is 0.0381. The third-order valence-corrected chi connectivity index (χ3v) is 7.75. The van der Waals surface area contributed by atoms with E-state index in [9.17, 15) is 21.6 Å². The fourth-order valence-corrected chi connectivity index (χ4v) is 6.16. The SMILES string of the molecule is COc1ccc(NS(=O)(=O)c2c(C)cc(N3C(=O)CCS3(=O)=O)cc2C)cc1. The van der Waals surface area contributed by atoms with Gasteiger partial charge >= 0.3 is 0 Å². The van der Waals surface area contributed by atoms with E-state index >= 15 is 0 Å². The maximum absolute atomic E-state index is 12.9. The Kier molecular flexibility index (Phi) is 5.11. The summed E-state index contributed by atoms with van der Waals surface area (Å²) < 4.78 is 58.3. The van der Waals surface area contributed by atoms with Crippen molar-refractivity contribution in [3.63, 3.8) is 0 Å². The van der Waals surface area contributed by atoms with Gasteiger partial charge in [0, 0.05) is 12.1 Å². The Hall–Kier alpha value is -2.59. The number of amides is 1. The summed E-state index contributed by atoms with van der Waals surface area (Å²) in [6.45, 7) is 3.12. The lowest BCUT2D eigenvalue weighted by molar-refractivity contribution is -0.116. The summed E-state index contributed by atoms with van der Waals surface area (Å²) in [6, 6.07) is 9.21. The molecule has 0 atom stereocenters. The monoisotopic (exact) mass is 424 g/mol. The molecular weight excluding hydrogens is 404 g/mol. The normalized spacial score (nSPS) is 16.2. The quantitative estimate of drug-likeness (QED) is 0.788. The van der Waals surface area contributed by atoms with Crippen LogP contribution in [0.1, 0.15) is 17.5 Å². The van der Waals surface area contributed by atoms with Gasteiger partial charge in [0.15, 0.2) is 0 Å². The topological polar surface area (TPSA) is 110 Å². The highest BCUT2D eigenvalue weighted by Crippen LogP contribution is 2.32. The number of nitrogens with zero attached hydrogens (tertiary/aromatic N) is 1. The average Bonchev–Trinajstić information content (AvgIpc) is 2.87. The molecule has 1 heterocycles. The van der Waals surface area contributed by atoms with Crippen LogP contribution in [0.3, 0.4) is 0 Å². The third-order valence-electron chi connectivity index (χ3n) is 4.37. The second-order valence-corrected chi connectivity index (χ2v) is 10.0. The highest BCUT2D eigenvalue weighted by Gasteiger charge is 2.37. The number of ether oxygens (including phenoxy) is 1. The smallest absolute Gasteiger partial charge is 0.262 e. The molecule has 28 heavy (non-hydrogen) atoms. The number of nitrogens with one attached hydrogen (secondary N) is 1. The van der Waals surface area contributed by atoms with E-state index in [1.165, 1.54) is 19.2 Å². The zero-order valence-electron chi connectivity index (χ0n) is 15.6. The van der Waals surface area contributed by atoms with E-state index in [-0.39, 0.29) is 22.8 Å². The highest BCUT2D eigenvalue weighted by atomic mass is 32.2. The molecule has 0 aromatic heterocycles.